The van der Waals surface area contributed by atoms with Crippen LogP contribution in [0.15, 0.2) is 48.5 Å². The fourth-order valence-electron chi connectivity index (χ4n) is 3.35. The van der Waals surface area contributed by atoms with Crippen molar-refractivity contribution in [1.82, 2.24) is 5.32 Å². The van der Waals surface area contributed by atoms with Gasteiger partial charge in [0.25, 0.3) is 5.91 Å². The van der Waals surface area contributed by atoms with Gasteiger partial charge in [-0.2, -0.15) is 0 Å². The maximum atomic E-state index is 12.8. The number of aryl methyl sites for hydroxylation is 1. The molecule has 0 unspecified atom stereocenters. The summed E-state index contributed by atoms with van der Waals surface area (Å²) >= 11 is 0. The number of rotatable bonds is 6. The van der Waals surface area contributed by atoms with Crippen LogP contribution in [-0.2, 0) is 9.59 Å². The molecule has 1 saturated heterocycles. The van der Waals surface area contributed by atoms with Gasteiger partial charge in [0.05, 0.1) is 17.2 Å². The lowest BCUT2D eigenvalue weighted by Gasteiger charge is -2.18. The minimum absolute atomic E-state index is 0.0706. The second kappa shape index (κ2) is 8.90. The molecule has 6 nitrogen and oxygen atoms in total. The van der Waals surface area contributed by atoms with Gasteiger partial charge in [0.15, 0.2) is 0 Å². The lowest BCUT2D eigenvalue weighted by Crippen LogP contribution is -2.30. The minimum atomic E-state index is -0.463. The van der Waals surface area contributed by atoms with Crippen LogP contribution in [-0.4, -0.2) is 30.8 Å². The van der Waals surface area contributed by atoms with Gasteiger partial charge in [0.1, 0.15) is 0 Å². The van der Waals surface area contributed by atoms with Crippen LogP contribution in [0.25, 0.3) is 0 Å². The molecule has 2 N–H and O–H groups in total. The van der Waals surface area contributed by atoms with Gasteiger partial charge in [-0.15, -0.1) is 0 Å². The monoisotopic (exact) mass is 393 g/mol. The van der Waals surface area contributed by atoms with Gasteiger partial charge in [0, 0.05) is 25.2 Å². The normalized spacial score (nSPS) is 16.2. The quantitative estimate of drug-likeness (QED) is 0.790. The second-order valence-electron chi connectivity index (χ2n) is 7.88. The van der Waals surface area contributed by atoms with Crippen molar-refractivity contribution in [2.75, 3.05) is 23.3 Å². The van der Waals surface area contributed by atoms with Gasteiger partial charge < -0.3 is 15.5 Å². The third-order valence-corrected chi connectivity index (χ3v) is 4.91. The van der Waals surface area contributed by atoms with E-state index in [0.29, 0.717) is 30.3 Å². The van der Waals surface area contributed by atoms with Gasteiger partial charge >= 0.3 is 0 Å². The van der Waals surface area contributed by atoms with E-state index in [2.05, 4.69) is 10.6 Å². The number of benzene rings is 2. The van der Waals surface area contributed by atoms with Gasteiger partial charge in [-0.3, -0.25) is 14.4 Å². The molecule has 1 atom stereocenters. The first kappa shape index (κ1) is 20.6. The highest BCUT2D eigenvalue weighted by Gasteiger charge is 2.35. The highest BCUT2D eigenvalue weighted by molar-refractivity contribution is 6.07. The van der Waals surface area contributed by atoms with Crippen LogP contribution < -0.4 is 15.5 Å². The summed E-state index contributed by atoms with van der Waals surface area (Å²) in [7, 11) is 0. The van der Waals surface area contributed by atoms with E-state index < -0.39 is 5.92 Å². The summed E-state index contributed by atoms with van der Waals surface area (Å²) in [5.41, 5.74) is 2.74. The van der Waals surface area contributed by atoms with Crippen molar-refractivity contribution >= 4 is 29.1 Å². The Kier molecular flexibility index (Phi) is 6.32. The number of anilines is 2. The predicted molar refractivity (Wildman–Crippen MR) is 114 cm³/mol. The molecule has 0 aliphatic carbocycles. The number of hydrogen-bond donors (Lipinski definition) is 2. The van der Waals surface area contributed by atoms with E-state index >= 15 is 0 Å². The highest BCUT2D eigenvalue weighted by atomic mass is 16.2. The number of para-hydroxylation sites is 1. The number of carbonyl (C=O) groups is 3. The van der Waals surface area contributed by atoms with E-state index in [1.54, 1.807) is 29.2 Å². The minimum Gasteiger partial charge on any atom is -0.352 e. The third kappa shape index (κ3) is 5.02. The average Bonchev–Trinajstić information content (AvgIpc) is 3.08. The molecular weight excluding hydrogens is 366 g/mol. The molecule has 0 saturated carbocycles. The molecule has 2 aromatic carbocycles. The summed E-state index contributed by atoms with van der Waals surface area (Å²) in [6.07, 6.45) is 0.154. The summed E-state index contributed by atoms with van der Waals surface area (Å²) in [5.74, 6) is -0.678. The van der Waals surface area contributed by atoms with Crippen molar-refractivity contribution in [3.63, 3.8) is 0 Å². The molecular formula is C23H27N3O3. The Hall–Kier alpha value is -3.15. The number of carbonyl (C=O) groups excluding carboxylic acids is 3. The average molecular weight is 393 g/mol. The second-order valence-corrected chi connectivity index (χ2v) is 7.88. The molecule has 29 heavy (non-hydrogen) atoms. The molecule has 3 amide bonds. The molecule has 0 spiro atoms. The first-order valence-corrected chi connectivity index (χ1v) is 9.90. The highest BCUT2D eigenvalue weighted by Crippen LogP contribution is 2.27. The maximum Gasteiger partial charge on any atom is 0.253 e. The fourth-order valence-corrected chi connectivity index (χ4v) is 3.35. The largest absolute Gasteiger partial charge is 0.352 e. The van der Waals surface area contributed by atoms with Crippen LogP contribution in [0.2, 0.25) is 0 Å². The predicted octanol–water partition coefficient (Wildman–Crippen LogP) is 3.37. The molecule has 3 rings (SSSR count). The Morgan fingerprint density at radius 3 is 2.62 bits per heavy atom. The fraction of sp³-hybridized carbons (Fsp3) is 0.348. The summed E-state index contributed by atoms with van der Waals surface area (Å²) in [6, 6.07) is 14.6. The van der Waals surface area contributed by atoms with Gasteiger partial charge in [-0.25, -0.2) is 0 Å². The van der Waals surface area contributed by atoms with Crippen molar-refractivity contribution in [1.29, 1.82) is 0 Å². The zero-order valence-corrected chi connectivity index (χ0v) is 17.1. The summed E-state index contributed by atoms with van der Waals surface area (Å²) in [4.78, 5) is 39.4. The maximum absolute atomic E-state index is 12.8. The molecule has 152 valence electrons. The lowest BCUT2D eigenvalue weighted by molar-refractivity contribution is -0.122. The van der Waals surface area contributed by atoms with Crippen LogP contribution in [0.3, 0.4) is 0 Å². The van der Waals surface area contributed by atoms with Crippen LogP contribution in [0.1, 0.15) is 36.2 Å². The van der Waals surface area contributed by atoms with Crippen LogP contribution >= 0.6 is 0 Å². The van der Waals surface area contributed by atoms with E-state index in [1.165, 1.54) is 0 Å². The van der Waals surface area contributed by atoms with E-state index in [9.17, 15) is 14.4 Å². The summed E-state index contributed by atoms with van der Waals surface area (Å²) in [5, 5.41) is 5.72. The molecule has 2 aromatic rings. The topological polar surface area (TPSA) is 78.5 Å². The van der Waals surface area contributed by atoms with Crippen LogP contribution in [0.4, 0.5) is 11.4 Å². The number of nitrogens with one attached hydrogen (secondary N) is 2. The van der Waals surface area contributed by atoms with Crippen LogP contribution in [0, 0.1) is 18.8 Å². The van der Waals surface area contributed by atoms with E-state index in [-0.39, 0.29) is 24.1 Å². The zero-order valence-electron chi connectivity index (χ0n) is 17.1. The Bertz CT molecular complexity index is 923. The first-order chi connectivity index (χ1) is 13.8. The van der Waals surface area contributed by atoms with Crippen molar-refractivity contribution in [2.45, 2.75) is 27.2 Å². The zero-order chi connectivity index (χ0) is 21.0. The molecule has 1 heterocycles. The van der Waals surface area contributed by atoms with Crippen molar-refractivity contribution in [3.05, 3.63) is 59.7 Å². The van der Waals surface area contributed by atoms with Gasteiger partial charge in [-0.1, -0.05) is 38.1 Å². The van der Waals surface area contributed by atoms with Crippen molar-refractivity contribution in [3.8, 4) is 0 Å². The van der Waals surface area contributed by atoms with Gasteiger partial charge in [0.2, 0.25) is 11.8 Å². The Balaban J connectivity index is 1.70. The van der Waals surface area contributed by atoms with E-state index in [4.69, 9.17) is 0 Å². The standard InChI is InChI=1S/C23H27N3O3/c1-15(2)13-24-23(29)19-9-4-5-10-20(19)25-22(28)17-12-21(27)26(14-17)18-8-6-7-16(3)11-18/h4-11,15,17H,12-14H2,1-3H3,(H,24,29)(H,25,28)/t17-/m1/s1. The van der Waals surface area contributed by atoms with Crippen LogP contribution in [0.5, 0.6) is 0 Å². The van der Waals surface area contributed by atoms with E-state index in [0.717, 1.165) is 11.3 Å². The molecule has 0 aromatic heterocycles. The molecule has 0 bridgehead atoms. The molecule has 6 heteroatoms. The summed E-state index contributed by atoms with van der Waals surface area (Å²) in [6.45, 7) is 6.89. The lowest BCUT2D eigenvalue weighted by atomic mass is 10.1. The number of nitrogens with zero attached hydrogens (tertiary/aromatic N) is 1. The molecule has 1 fully saturated rings. The molecule has 0 radical (unpaired) electrons. The SMILES string of the molecule is Cc1cccc(N2C[C@H](C(=O)Nc3ccccc3C(=O)NCC(C)C)CC2=O)c1. The molecule has 1 aliphatic rings. The third-order valence-electron chi connectivity index (χ3n) is 4.91. The Morgan fingerprint density at radius 1 is 1.14 bits per heavy atom. The number of amides is 3. The van der Waals surface area contributed by atoms with Crippen molar-refractivity contribution < 1.29 is 14.4 Å². The Morgan fingerprint density at radius 2 is 1.90 bits per heavy atom. The summed E-state index contributed by atoms with van der Waals surface area (Å²) < 4.78 is 0. The molecule has 1 aliphatic heterocycles. The van der Waals surface area contributed by atoms with Crippen molar-refractivity contribution in [2.24, 2.45) is 11.8 Å². The van der Waals surface area contributed by atoms with Gasteiger partial charge in [-0.05, 0) is 42.7 Å². The Labute approximate surface area is 171 Å². The first-order valence-electron chi connectivity index (χ1n) is 9.90. The van der Waals surface area contributed by atoms with E-state index in [1.807, 2.05) is 45.0 Å². The number of hydrogen-bond acceptors (Lipinski definition) is 3. The smallest absolute Gasteiger partial charge is 0.253 e.